The van der Waals surface area contributed by atoms with Gasteiger partial charge in [-0.05, 0) is 19.8 Å². The summed E-state index contributed by atoms with van der Waals surface area (Å²) in [7, 11) is -1.04. The van der Waals surface area contributed by atoms with Gasteiger partial charge < -0.3 is 15.4 Å². The lowest BCUT2D eigenvalue weighted by molar-refractivity contribution is 0.143. The van der Waals surface area contributed by atoms with E-state index < -0.39 is 9.84 Å². The highest BCUT2D eigenvalue weighted by atomic mass is 32.2. The lowest BCUT2D eigenvalue weighted by atomic mass is 10.3. The van der Waals surface area contributed by atoms with E-state index in [-0.39, 0.29) is 11.5 Å². The molecule has 0 aromatic heterocycles. The van der Waals surface area contributed by atoms with Crippen molar-refractivity contribution in [2.24, 2.45) is 4.99 Å². The quantitative estimate of drug-likeness (QED) is 0.342. The number of sulfone groups is 1. The number of guanidine groups is 1. The number of rotatable bonds is 9. The molecule has 0 bridgehead atoms. The first-order chi connectivity index (χ1) is 10.6. The van der Waals surface area contributed by atoms with Crippen LogP contribution in [0.5, 0.6) is 0 Å². The molecule has 22 heavy (non-hydrogen) atoms. The number of nitrogens with zero attached hydrogens (tertiary/aromatic N) is 2. The van der Waals surface area contributed by atoms with Crippen LogP contribution in [0.2, 0.25) is 0 Å². The molecule has 0 aromatic carbocycles. The number of nitrogens with one attached hydrogen (secondary N) is 2. The van der Waals surface area contributed by atoms with Gasteiger partial charge in [0.1, 0.15) is 0 Å². The average Bonchev–Trinajstić information content (AvgIpc) is 2.50. The van der Waals surface area contributed by atoms with Gasteiger partial charge in [0.25, 0.3) is 0 Å². The minimum atomic E-state index is -2.79. The molecular weight excluding hydrogens is 304 g/mol. The monoisotopic (exact) mass is 334 g/mol. The number of unbranched alkanes of at least 4 members (excludes halogenated alkanes) is 1. The average molecular weight is 334 g/mol. The van der Waals surface area contributed by atoms with E-state index in [4.69, 9.17) is 4.74 Å². The summed E-state index contributed by atoms with van der Waals surface area (Å²) in [6, 6.07) is 0. The highest BCUT2D eigenvalue weighted by Gasteiger charge is 2.20. The predicted molar refractivity (Wildman–Crippen MR) is 90.2 cm³/mol. The van der Waals surface area contributed by atoms with Crippen molar-refractivity contribution < 1.29 is 13.2 Å². The van der Waals surface area contributed by atoms with Crippen molar-refractivity contribution in [1.82, 2.24) is 15.5 Å². The summed E-state index contributed by atoms with van der Waals surface area (Å²) >= 11 is 0. The van der Waals surface area contributed by atoms with Gasteiger partial charge in [-0.1, -0.05) is 0 Å². The van der Waals surface area contributed by atoms with Crippen LogP contribution >= 0.6 is 0 Å². The Hall–Kier alpha value is -0.860. The Balaban J connectivity index is 2.07. The topological polar surface area (TPSA) is 83.0 Å². The number of aliphatic imine (C=N–C) groups is 1. The molecular formula is C14H30N4O3S. The van der Waals surface area contributed by atoms with Gasteiger partial charge in [0.2, 0.25) is 0 Å². The molecule has 0 aromatic rings. The fraction of sp³-hybridized carbons (Fsp3) is 0.929. The van der Waals surface area contributed by atoms with Crippen LogP contribution in [-0.4, -0.2) is 83.8 Å². The Bertz CT molecular complexity index is 412. The normalized spacial score (nSPS) is 19.1. The molecule has 8 heteroatoms. The smallest absolute Gasteiger partial charge is 0.191 e. The summed E-state index contributed by atoms with van der Waals surface area (Å²) in [6.45, 7) is 7.31. The molecule has 0 unspecified atom stereocenters. The molecule has 130 valence electrons. The first kappa shape index (κ1) is 19.2. The van der Waals surface area contributed by atoms with Crippen LogP contribution in [0.25, 0.3) is 0 Å². The number of ether oxygens (including phenoxy) is 1. The highest BCUT2D eigenvalue weighted by molar-refractivity contribution is 7.91. The maximum atomic E-state index is 11.4. The van der Waals surface area contributed by atoms with Crippen molar-refractivity contribution in [3.05, 3.63) is 0 Å². The summed E-state index contributed by atoms with van der Waals surface area (Å²) in [5, 5.41) is 6.52. The molecule has 0 atom stereocenters. The second-order valence-corrected chi connectivity index (χ2v) is 7.63. The molecule has 0 aliphatic carbocycles. The van der Waals surface area contributed by atoms with Gasteiger partial charge in [0, 0.05) is 53.0 Å². The van der Waals surface area contributed by atoms with E-state index in [0.29, 0.717) is 13.1 Å². The molecule has 1 saturated heterocycles. The first-order valence-electron chi connectivity index (χ1n) is 8.02. The summed E-state index contributed by atoms with van der Waals surface area (Å²) in [5.41, 5.74) is 0. The number of hydrogen-bond donors (Lipinski definition) is 2. The highest BCUT2D eigenvalue weighted by Crippen LogP contribution is 2.02. The van der Waals surface area contributed by atoms with Gasteiger partial charge >= 0.3 is 0 Å². The summed E-state index contributed by atoms with van der Waals surface area (Å²) in [4.78, 5) is 6.35. The van der Waals surface area contributed by atoms with Crippen LogP contribution in [-0.2, 0) is 14.6 Å². The molecule has 0 spiro atoms. The Morgan fingerprint density at radius 3 is 2.50 bits per heavy atom. The van der Waals surface area contributed by atoms with E-state index in [1.54, 1.807) is 7.05 Å². The van der Waals surface area contributed by atoms with E-state index >= 15 is 0 Å². The zero-order valence-electron chi connectivity index (χ0n) is 13.8. The molecule has 1 aliphatic rings. The van der Waals surface area contributed by atoms with E-state index in [1.807, 2.05) is 6.92 Å². The third kappa shape index (κ3) is 8.55. The Labute approximate surface area is 134 Å². The fourth-order valence-electron chi connectivity index (χ4n) is 2.21. The summed E-state index contributed by atoms with van der Waals surface area (Å²) in [6.07, 6.45) is 2.09. The van der Waals surface area contributed by atoms with E-state index in [1.165, 1.54) is 0 Å². The van der Waals surface area contributed by atoms with Gasteiger partial charge in [-0.2, -0.15) is 0 Å². The van der Waals surface area contributed by atoms with Gasteiger partial charge in [-0.25, -0.2) is 8.42 Å². The molecule has 1 heterocycles. The van der Waals surface area contributed by atoms with Crippen molar-refractivity contribution in [3.63, 3.8) is 0 Å². The predicted octanol–water partition coefficient (Wildman–Crippen LogP) is -0.301. The third-order valence-electron chi connectivity index (χ3n) is 3.59. The lowest BCUT2D eigenvalue weighted by Gasteiger charge is -2.26. The molecule has 1 aliphatic heterocycles. The van der Waals surface area contributed by atoms with E-state index in [2.05, 4.69) is 20.5 Å². The molecule has 7 nitrogen and oxygen atoms in total. The van der Waals surface area contributed by atoms with Crippen LogP contribution in [0.1, 0.15) is 19.8 Å². The van der Waals surface area contributed by atoms with Gasteiger partial charge in [0.05, 0.1) is 11.5 Å². The fourth-order valence-corrected chi connectivity index (χ4v) is 3.48. The molecule has 1 fully saturated rings. The Morgan fingerprint density at radius 1 is 1.18 bits per heavy atom. The lowest BCUT2D eigenvalue weighted by Crippen LogP contribution is -2.46. The summed E-state index contributed by atoms with van der Waals surface area (Å²) in [5.74, 6) is 1.35. The van der Waals surface area contributed by atoms with Crippen LogP contribution in [0, 0.1) is 0 Å². The van der Waals surface area contributed by atoms with Gasteiger partial charge in [0.15, 0.2) is 15.8 Å². The second kappa shape index (κ2) is 10.8. The first-order valence-corrected chi connectivity index (χ1v) is 9.84. The zero-order valence-corrected chi connectivity index (χ0v) is 14.6. The minimum absolute atomic E-state index is 0.278. The van der Waals surface area contributed by atoms with Crippen LogP contribution in [0.15, 0.2) is 4.99 Å². The molecule has 2 N–H and O–H groups in total. The van der Waals surface area contributed by atoms with Crippen molar-refractivity contribution >= 4 is 15.8 Å². The SMILES string of the molecule is CCOCCCCNC(=NC)NCCN1CCS(=O)(=O)CC1. The molecule has 1 rings (SSSR count). The van der Waals surface area contributed by atoms with Crippen molar-refractivity contribution in [2.75, 3.05) is 64.5 Å². The van der Waals surface area contributed by atoms with Crippen molar-refractivity contribution in [2.45, 2.75) is 19.8 Å². The van der Waals surface area contributed by atoms with E-state index in [0.717, 1.165) is 51.6 Å². The Morgan fingerprint density at radius 2 is 1.86 bits per heavy atom. The van der Waals surface area contributed by atoms with Gasteiger partial charge in [-0.15, -0.1) is 0 Å². The van der Waals surface area contributed by atoms with Gasteiger partial charge in [-0.3, -0.25) is 9.89 Å². The maximum Gasteiger partial charge on any atom is 0.191 e. The van der Waals surface area contributed by atoms with Crippen LogP contribution in [0.4, 0.5) is 0 Å². The molecule has 0 saturated carbocycles. The molecule has 0 radical (unpaired) electrons. The van der Waals surface area contributed by atoms with Crippen molar-refractivity contribution in [3.8, 4) is 0 Å². The van der Waals surface area contributed by atoms with Crippen LogP contribution < -0.4 is 10.6 Å². The number of hydrogen-bond acceptors (Lipinski definition) is 5. The maximum absolute atomic E-state index is 11.4. The van der Waals surface area contributed by atoms with Crippen LogP contribution in [0.3, 0.4) is 0 Å². The largest absolute Gasteiger partial charge is 0.382 e. The standard InChI is InChI=1S/C14H30N4O3S/c1-3-21-11-5-4-6-16-14(15-2)17-7-8-18-9-12-22(19,20)13-10-18/h3-13H2,1-2H3,(H2,15,16,17). The zero-order chi connectivity index (χ0) is 16.3. The molecule has 0 amide bonds. The second-order valence-electron chi connectivity index (χ2n) is 5.32. The third-order valence-corrected chi connectivity index (χ3v) is 5.20. The minimum Gasteiger partial charge on any atom is -0.382 e. The van der Waals surface area contributed by atoms with Crippen molar-refractivity contribution in [1.29, 1.82) is 0 Å². The van der Waals surface area contributed by atoms with E-state index in [9.17, 15) is 8.42 Å². The Kier molecular flexibility index (Phi) is 9.42. The summed E-state index contributed by atoms with van der Waals surface area (Å²) < 4.78 is 28.0.